The molecule has 0 bridgehead atoms. The number of hydrogen-bond acceptors (Lipinski definition) is 3. The van der Waals surface area contributed by atoms with Crippen molar-refractivity contribution in [2.45, 2.75) is 72.3 Å². The minimum atomic E-state index is -0.0137. The maximum Gasteiger partial charge on any atom is 0.225 e. The normalized spacial score (nSPS) is 21.1. The minimum absolute atomic E-state index is 0.0137. The van der Waals surface area contributed by atoms with Gasteiger partial charge in [-0.15, -0.1) is 0 Å². The summed E-state index contributed by atoms with van der Waals surface area (Å²) in [6.45, 7) is 12.5. The molecule has 156 valence electrons. The molecule has 4 heteroatoms. The second-order valence-corrected chi connectivity index (χ2v) is 9.13. The van der Waals surface area contributed by atoms with Gasteiger partial charge >= 0.3 is 0 Å². The van der Waals surface area contributed by atoms with E-state index in [1.807, 2.05) is 32.9 Å². The maximum atomic E-state index is 13.0. The van der Waals surface area contributed by atoms with E-state index in [0.717, 1.165) is 55.0 Å². The van der Waals surface area contributed by atoms with Crippen LogP contribution < -0.4 is 0 Å². The molecule has 1 amide bonds. The predicted molar refractivity (Wildman–Crippen MR) is 115 cm³/mol. The van der Waals surface area contributed by atoms with Crippen LogP contribution in [0.25, 0.3) is 0 Å². The molecule has 2 aliphatic heterocycles. The van der Waals surface area contributed by atoms with Crippen LogP contribution in [-0.4, -0.2) is 53.0 Å². The average molecular weight is 387 g/mol. The number of benzene rings is 1. The van der Waals surface area contributed by atoms with Gasteiger partial charge in [-0.1, -0.05) is 32.4 Å². The van der Waals surface area contributed by atoms with E-state index in [4.69, 9.17) is 0 Å². The first-order valence-corrected chi connectivity index (χ1v) is 11.2. The van der Waals surface area contributed by atoms with Crippen molar-refractivity contribution in [2.75, 3.05) is 26.2 Å². The van der Waals surface area contributed by atoms with Crippen molar-refractivity contribution in [2.24, 2.45) is 11.8 Å². The van der Waals surface area contributed by atoms with Gasteiger partial charge in [0.25, 0.3) is 0 Å². The fourth-order valence-electron chi connectivity index (χ4n) is 5.09. The molecule has 4 nitrogen and oxygen atoms in total. The number of aromatic hydroxyl groups is 1. The van der Waals surface area contributed by atoms with Crippen molar-refractivity contribution >= 4 is 5.91 Å². The van der Waals surface area contributed by atoms with E-state index in [1.54, 1.807) is 0 Å². The van der Waals surface area contributed by atoms with E-state index in [2.05, 4.69) is 16.7 Å². The number of carbonyl (C=O) groups excluding carboxylic acids is 1. The van der Waals surface area contributed by atoms with E-state index in [-0.39, 0.29) is 11.8 Å². The molecular weight excluding hydrogens is 348 g/mol. The van der Waals surface area contributed by atoms with Gasteiger partial charge in [0.05, 0.1) is 0 Å². The minimum Gasteiger partial charge on any atom is -0.507 e. The Morgan fingerprint density at radius 2 is 1.64 bits per heavy atom. The van der Waals surface area contributed by atoms with Crippen molar-refractivity contribution < 1.29 is 9.90 Å². The molecule has 0 saturated carbocycles. The number of hydrogen-bond donors (Lipinski definition) is 1. The number of rotatable bonds is 5. The fraction of sp³-hybridized carbons (Fsp3) is 0.708. The second-order valence-electron chi connectivity index (χ2n) is 9.13. The standard InChI is InChI=1S/C24H38N2O2/c1-5-20-6-10-25(11-7-20)22-8-12-26(13-9-22)24(28)19(4)16-21-14-17(2)23(27)18(3)15-21/h14-15,19-20,22,27H,5-13,16H2,1-4H3/t19-/m1/s1. The van der Waals surface area contributed by atoms with Crippen LogP contribution in [-0.2, 0) is 11.2 Å². The van der Waals surface area contributed by atoms with Gasteiger partial charge in [0.1, 0.15) is 5.75 Å². The summed E-state index contributed by atoms with van der Waals surface area (Å²) in [5.41, 5.74) is 2.92. The van der Waals surface area contributed by atoms with Crippen molar-refractivity contribution in [1.29, 1.82) is 0 Å². The zero-order chi connectivity index (χ0) is 20.3. The summed E-state index contributed by atoms with van der Waals surface area (Å²) in [5.74, 6) is 1.56. The molecule has 0 aromatic heterocycles. The fourth-order valence-corrected chi connectivity index (χ4v) is 5.09. The lowest BCUT2D eigenvalue weighted by molar-refractivity contribution is -0.136. The quantitative estimate of drug-likeness (QED) is 0.820. The number of piperidine rings is 2. The highest BCUT2D eigenvalue weighted by Gasteiger charge is 2.30. The summed E-state index contributed by atoms with van der Waals surface area (Å²) in [7, 11) is 0. The number of carbonyl (C=O) groups is 1. The monoisotopic (exact) mass is 386 g/mol. The molecule has 2 heterocycles. The number of amides is 1. The van der Waals surface area contributed by atoms with Crippen LogP contribution in [0.2, 0.25) is 0 Å². The average Bonchev–Trinajstić information content (AvgIpc) is 2.71. The van der Waals surface area contributed by atoms with Gasteiger partial charge in [-0.05, 0) is 81.6 Å². The summed E-state index contributed by atoms with van der Waals surface area (Å²) in [6, 6.07) is 4.69. The zero-order valence-corrected chi connectivity index (χ0v) is 18.2. The lowest BCUT2D eigenvalue weighted by atomic mass is 9.91. The van der Waals surface area contributed by atoms with Crippen LogP contribution in [0.5, 0.6) is 5.75 Å². The lowest BCUT2D eigenvalue weighted by Crippen LogP contribution is -2.50. The molecule has 0 spiro atoms. The summed E-state index contributed by atoms with van der Waals surface area (Å²) >= 11 is 0. The Morgan fingerprint density at radius 1 is 1.07 bits per heavy atom. The number of nitrogens with zero attached hydrogens (tertiary/aromatic N) is 2. The SMILES string of the molecule is CCC1CCN(C2CCN(C(=O)[C@H](C)Cc3cc(C)c(O)c(C)c3)CC2)CC1. The van der Waals surface area contributed by atoms with Gasteiger partial charge in [-0.25, -0.2) is 0 Å². The zero-order valence-electron chi connectivity index (χ0n) is 18.2. The van der Waals surface area contributed by atoms with Crippen molar-refractivity contribution in [3.63, 3.8) is 0 Å². The van der Waals surface area contributed by atoms with Crippen LogP contribution in [0.3, 0.4) is 0 Å². The largest absolute Gasteiger partial charge is 0.507 e. The Morgan fingerprint density at radius 3 is 2.18 bits per heavy atom. The van der Waals surface area contributed by atoms with E-state index in [0.29, 0.717) is 11.8 Å². The molecule has 28 heavy (non-hydrogen) atoms. The number of likely N-dealkylation sites (tertiary alicyclic amines) is 2. The first-order valence-electron chi connectivity index (χ1n) is 11.2. The van der Waals surface area contributed by atoms with Crippen LogP contribution in [0.1, 0.15) is 62.6 Å². The second kappa shape index (κ2) is 9.30. The van der Waals surface area contributed by atoms with Crippen LogP contribution in [0, 0.1) is 25.7 Å². The highest BCUT2D eigenvalue weighted by atomic mass is 16.3. The van der Waals surface area contributed by atoms with E-state index in [1.165, 1.54) is 32.4 Å². The molecule has 0 aliphatic carbocycles. The maximum absolute atomic E-state index is 13.0. The van der Waals surface area contributed by atoms with Gasteiger partial charge in [-0.3, -0.25) is 4.79 Å². The molecule has 1 aromatic carbocycles. The molecule has 0 unspecified atom stereocenters. The third-order valence-electron chi connectivity index (χ3n) is 7.03. The molecular formula is C24H38N2O2. The van der Waals surface area contributed by atoms with E-state index < -0.39 is 0 Å². The third kappa shape index (κ3) is 4.89. The summed E-state index contributed by atoms with van der Waals surface area (Å²) in [4.78, 5) is 17.7. The van der Waals surface area contributed by atoms with Gasteiger partial charge in [0.15, 0.2) is 0 Å². The molecule has 1 atom stereocenters. The Labute approximate surface area is 170 Å². The predicted octanol–water partition coefficient (Wildman–Crippen LogP) is 4.30. The van der Waals surface area contributed by atoms with Gasteiger partial charge in [-0.2, -0.15) is 0 Å². The van der Waals surface area contributed by atoms with Crippen LogP contribution in [0.15, 0.2) is 12.1 Å². The molecule has 3 rings (SSSR count). The summed E-state index contributed by atoms with van der Waals surface area (Å²) in [5, 5.41) is 9.96. The molecule has 2 saturated heterocycles. The Balaban J connectivity index is 1.49. The van der Waals surface area contributed by atoms with E-state index in [9.17, 15) is 9.90 Å². The molecule has 1 aromatic rings. The molecule has 2 fully saturated rings. The summed E-state index contributed by atoms with van der Waals surface area (Å²) in [6.07, 6.45) is 6.99. The number of phenols is 1. The third-order valence-corrected chi connectivity index (χ3v) is 7.03. The van der Waals surface area contributed by atoms with Crippen LogP contribution in [0.4, 0.5) is 0 Å². The highest BCUT2D eigenvalue weighted by Crippen LogP contribution is 2.27. The van der Waals surface area contributed by atoms with Crippen molar-refractivity contribution in [1.82, 2.24) is 9.80 Å². The first kappa shape index (κ1) is 21.2. The van der Waals surface area contributed by atoms with E-state index >= 15 is 0 Å². The Bertz CT molecular complexity index is 648. The molecule has 1 N–H and O–H groups in total. The van der Waals surface area contributed by atoms with Gasteiger partial charge in [0.2, 0.25) is 5.91 Å². The topological polar surface area (TPSA) is 43.8 Å². The Kier molecular flexibility index (Phi) is 7.03. The number of aryl methyl sites for hydroxylation is 2. The smallest absolute Gasteiger partial charge is 0.225 e. The highest BCUT2D eigenvalue weighted by molar-refractivity contribution is 5.79. The lowest BCUT2D eigenvalue weighted by Gasteiger charge is -2.42. The summed E-state index contributed by atoms with van der Waals surface area (Å²) < 4.78 is 0. The van der Waals surface area contributed by atoms with Gasteiger partial charge < -0.3 is 14.9 Å². The number of phenolic OH excluding ortho intramolecular Hbond substituents is 1. The van der Waals surface area contributed by atoms with Gasteiger partial charge in [0, 0.05) is 25.0 Å². The van der Waals surface area contributed by atoms with Crippen molar-refractivity contribution in [3.8, 4) is 5.75 Å². The van der Waals surface area contributed by atoms with Crippen molar-refractivity contribution in [3.05, 3.63) is 28.8 Å². The first-order chi connectivity index (χ1) is 13.4. The molecule has 2 aliphatic rings. The molecule has 0 radical (unpaired) electrons. The van der Waals surface area contributed by atoms with Crippen LogP contribution >= 0.6 is 0 Å². The Hall–Kier alpha value is -1.55.